The quantitative estimate of drug-likeness (QED) is 0.748. The number of ketones is 1. The molecule has 6 heteroatoms. The molecule has 1 N–H and O–H groups in total. The highest BCUT2D eigenvalue weighted by atomic mass is 32.3. The first-order valence-electron chi connectivity index (χ1n) is 9.81. The first-order valence-corrected chi connectivity index (χ1v) is 11.2. The summed E-state index contributed by atoms with van der Waals surface area (Å²) in [7, 11) is -4.40. The van der Waals surface area contributed by atoms with Crippen LogP contribution in [0.3, 0.4) is 0 Å². The molecule has 0 aromatic rings. The third-order valence-electron chi connectivity index (χ3n) is 8.63. The Morgan fingerprint density at radius 3 is 2.44 bits per heavy atom. The number of carbonyl (C=O) groups is 1. The molecule has 5 nitrogen and oxygen atoms in total. The summed E-state index contributed by atoms with van der Waals surface area (Å²) in [5.41, 5.74) is 0.102. The lowest BCUT2D eigenvalue weighted by molar-refractivity contribution is -0.141. The predicted molar refractivity (Wildman–Crippen MR) is 93.2 cm³/mol. The van der Waals surface area contributed by atoms with Crippen LogP contribution in [0.25, 0.3) is 0 Å². The van der Waals surface area contributed by atoms with Crippen LogP contribution in [0.4, 0.5) is 0 Å². The summed E-state index contributed by atoms with van der Waals surface area (Å²) in [6.07, 6.45) is 8.12. The summed E-state index contributed by atoms with van der Waals surface area (Å²) in [4.78, 5) is 11.9. The van der Waals surface area contributed by atoms with Crippen LogP contribution in [-0.2, 0) is 19.4 Å². The van der Waals surface area contributed by atoms with Crippen molar-refractivity contribution in [3.05, 3.63) is 0 Å². The second-order valence-corrected chi connectivity index (χ2v) is 10.6. The average molecular weight is 371 g/mol. The normalized spacial score (nSPS) is 50.0. The minimum Gasteiger partial charge on any atom is -0.300 e. The topological polar surface area (TPSA) is 80.7 Å². The van der Waals surface area contributed by atoms with Gasteiger partial charge < -0.3 is 0 Å². The van der Waals surface area contributed by atoms with Crippen LogP contribution in [0, 0.1) is 34.5 Å². The minimum atomic E-state index is -4.40. The summed E-state index contributed by atoms with van der Waals surface area (Å²) in [5.74, 6) is 2.67. The van der Waals surface area contributed by atoms with Gasteiger partial charge in [-0.25, -0.2) is 4.18 Å². The predicted octanol–water partition coefficient (Wildman–Crippen LogP) is 3.79. The zero-order valence-electron chi connectivity index (χ0n) is 15.2. The number of Topliss-reactive ketones (excluding diaryl/α,β-unsaturated/α-hetero) is 1. The van der Waals surface area contributed by atoms with Crippen LogP contribution >= 0.6 is 0 Å². The van der Waals surface area contributed by atoms with Gasteiger partial charge in [0.2, 0.25) is 0 Å². The molecule has 142 valence electrons. The van der Waals surface area contributed by atoms with Gasteiger partial charge in [-0.3, -0.25) is 9.35 Å². The Hall–Kier alpha value is -0.460. The van der Waals surface area contributed by atoms with Crippen molar-refractivity contribution in [2.24, 2.45) is 34.5 Å². The van der Waals surface area contributed by atoms with Gasteiger partial charge in [0.15, 0.2) is 0 Å². The Morgan fingerprint density at radius 2 is 1.72 bits per heavy atom. The van der Waals surface area contributed by atoms with Crippen molar-refractivity contribution in [2.75, 3.05) is 0 Å². The minimum absolute atomic E-state index is 0.162. The average Bonchev–Trinajstić information content (AvgIpc) is 2.83. The summed E-state index contributed by atoms with van der Waals surface area (Å²) < 4.78 is 36.7. The third kappa shape index (κ3) is 2.79. The molecule has 4 fully saturated rings. The van der Waals surface area contributed by atoms with Gasteiger partial charge in [-0.2, -0.15) is 8.42 Å². The molecule has 0 amide bonds. The Kier molecular flexibility index (Phi) is 4.14. The summed E-state index contributed by atoms with van der Waals surface area (Å²) in [6, 6.07) is 0. The molecular formula is C19H30O5S. The highest BCUT2D eigenvalue weighted by Crippen LogP contribution is 2.66. The maximum atomic E-state index is 11.9. The van der Waals surface area contributed by atoms with Gasteiger partial charge in [0, 0.05) is 12.8 Å². The van der Waals surface area contributed by atoms with Crippen LogP contribution in [0.2, 0.25) is 0 Å². The fraction of sp³-hybridized carbons (Fsp3) is 0.947. The van der Waals surface area contributed by atoms with Gasteiger partial charge in [-0.15, -0.1) is 0 Å². The first kappa shape index (κ1) is 17.9. The molecule has 0 saturated heterocycles. The molecule has 0 aromatic heterocycles. The molecule has 4 aliphatic carbocycles. The molecule has 0 spiro atoms. The van der Waals surface area contributed by atoms with E-state index in [-0.39, 0.29) is 10.8 Å². The van der Waals surface area contributed by atoms with E-state index in [2.05, 4.69) is 13.8 Å². The van der Waals surface area contributed by atoms with Crippen molar-refractivity contribution in [1.29, 1.82) is 0 Å². The smallest absolute Gasteiger partial charge is 0.300 e. The summed E-state index contributed by atoms with van der Waals surface area (Å²) >= 11 is 0. The van der Waals surface area contributed by atoms with Gasteiger partial charge in [-0.1, -0.05) is 13.8 Å². The monoisotopic (exact) mass is 370 g/mol. The lowest BCUT2D eigenvalue weighted by atomic mass is 9.45. The van der Waals surface area contributed by atoms with Gasteiger partial charge in [-0.05, 0) is 79.4 Å². The molecule has 0 bridgehead atoms. The third-order valence-corrected chi connectivity index (χ3v) is 9.11. The molecule has 0 radical (unpaired) electrons. The van der Waals surface area contributed by atoms with Crippen LogP contribution < -0.4 is 0 Å². The molecule has 0 heterocycles. The van der Waals surface area contributed by atoms with E-state index < -0.39 is 16.5 Å². The number of rotatable bonds is 2. The summed E-state index contributed by atoms with van der Waals surface area (Å²) in [6.45, 7) is 4.57. The standard InChI is InChI=1S/C19H30O5S/c1-18-9-7-13(20)11-12(18)3-4-14-15-5-6-17(24-25(21,22)23)19(15,2)10-8-16(14)18/h12,14-17H,3-11H2,1-2H3,(H,21,22,23)/t12-,14+,15+,16+,17+,18+,19+/m1/s1. The number of fused-ring (bicyclic) bond motifs is 5. The van der Waals surface area contributed by atoms with Crippen molar-refractivity contribution in [1.82, 2.24) is 0 Å². The molecule has 4 saturated carbocycles. The second-order valence-electron chi connectivity index (χ2n) is 9.53. The Labute approximate surface area is 150 Å². The Morgan fingerprint density at radius 1 is 1.00 bits per heavy atom. The van der Waals surface area contributed by atoms with Crippen molar-refractivity contribution in [3.63, 3.8) is 0 Å². The van der Waals surface area contributed by atoms with Crippen molar-refractivity contribution < 1.29 is 21.9 Å². The summed E-state index contributed by atoms with van der Waals surface area (Å²) in [5, 5.41) is 0. The van der Waals surface area contributed by atoms with Crippen LogP contribution in [0.5, 0.6) is 0 Å². The SMILES string of the molecule is C[C@]12CCC(=O)C[C@H]1CC[C@@H]1[C@@H]2CC[C@]2(C)[C@@H](OS(=O)(=O)O)CC[C@@H]12. The van der Waals surface area contributed by atoms with Gasteiger partial charge in [0.05, 0.1) is 6.10 Å². The van der Waals surface area contributed by atoms with Crippen molar-refractivity contribution in [2.45, 2.75) is 77.7 Å². The fourth-order valence-corrected chi connectivity index (χ4v) is 7.91. The van der Waals surface area contributed by atoms with Gasteiger partial charge >= 0.3 is 10.4 Å². The number of hydrogen-bond donors (Lipinski definition) is 1. The van der Waals surface area contributed by atoms with E-state index in [1.54, 1.807) is 0 Å². The molecule has 0 unspecified atom stereocenters. The van der Waals surface area contributed by atoms with Gasteiger partial charge in [0.25, 0.3) is 0 Å². The van der Waals surface area contributed by atoms with Gasteiger partial charge in [0.1, 0.15) is 5.78 Å². The maximum absolute atomic E-state index is 11.9. The van der Waals surface area contributed by atoms with E-state index in [9.17, 15) is 13.2 Å². The molecule has 0 aliphatic heterocycles. The Balaban J connectivity index is 1.59. The zero-order valence-corrected chi connectivity index (χ0v) is 16.1. The molecule has 25 heavy (non-hydrogen) atoms. The van der Waals surface area contributed by atoms with Crippen LogP contribution in [0.15, 0.2) is 0 Å². The zero-order chi connectivity index (χ0) is 18.0. The van der Waals surface area contributed by atoms with Crippen LogP contribution in [0.1, 0.15) is 71.6 Å². The van der Waals surface area contributed by atoms with E-state index in [1.165, 1.54) is 0 Å². The molecule has 4 rings (SSSR count). The molecule has 7 atom stereocenters. The van der Waals surface area contributed by atoms with E-state index in [1.807, 2.05) is 0 Å². The second kappa shape index (κ2) is 5.77. The van der Waals surface area contributed by atoms with E-state index in [4.69, 9.17) is 8.74 Å². The Bertz CT molecular complexity index is 673. The first-order chi connectivity index (χ1) is 11.6. The number of carbonyl (C=O) groups excluding carboxylic acids is 1. The molecular weight excluding hydrogens is 340 g/mol. The van der Waals surface area contributed by atoms with Crippen LogP contribution in [-0.4, -0.2) is 24.9 Å². The number of hydrogen-bond acceptors (Lipinski definition) is 4. The van der Waals surface area contributed by atoms with Crippen molar-refractivity contribution >= 4 is 16.2 Å². The van der Waals surface area contributed by atoms with E-state index in [0.717, 1.165) is 51.4 Å². The lowest BCUT2D eigenvalue weighted by Gasteiger charge is -2.60. The maximum Gasteiger partial charge on any atom is 0.397 e. The highest BCUT2D eigenvalue weighted by molar-refractivity contribution is 7.80. The van der Waals surface area contributed by atoms with E-state index in [0.29, 0.717) is 35.9 Å². The molecule has 0 aromatic carbocycles. The highest BCUT2D eigenvalue weighted by Gasteiger charge is 2.61. The fourth-order valence-electron chi connectivity index (χ4n) is 7.30. The van der Waals surface area contributed by atoms with E-state index >= 15 is 0 Å². The molecule has 4 aliphatic rings. The largest absolute Gasteiger partial charge is 0.397 e. The lowest BCUT2D eigenvalue weighted by Crippen LogP contribution is -2.54. The van der Waals surface area contributed by atoms with Crippen molar-refractivity contribution in [3.8, 4) is 0 Å².